The van der Waals surface area contributed by atoms with Crippen LogP contribution in [0.2, 0.25) is 0 Å². The first kappa shape index (κ1) is 14.4. The molecule has 0 fully saturated rings. The van der Waals surface area contributed by atoms with Gasteiger partial charge < -0.3 is 9.15 Å². The second kappa shape index (κ2) is 5.68. The molecule has 22 heavy (non-hydrogen) atoms. The first-order valence-corrected chi connectivity index (χ1v) is 7.32. The number of para-hydroxylation sites is 1. The standard InChI is InChI=1S/C19H18O3/c1-12(2)13-8-10-14(11-9-13)17-15-6-4-5-7-16(15)22-19(20)18(17)21-3/h4-12H,1-3H3. The van der Waals surface area contributed by atoms with E-state index in [4.69, 9.17) is 9.15 Å². The van der Waals surface area contributed by atoms with Gasteiger partial charge in [0.05, 0.1) is 7.11 Å². The molecule has 0 N–H and O–H groups in total. The van der Waals surface area contributed by atoms with Crippen LogP contribution in [-0.2, 0) is 0 Å². The van der Waals surface area contributed by atoms with Gasteiger partial charge in [-0.3, -0.25) is 0 Å². The second-order valence-electron chi connectivity index (χ2n) is 5.57. The summed E-state index contributed by atoms with van der Waals surface area (Å²) in [5.74, 6) is 0.713. The molecule has 0 saturated heterocycles. The Bertz CT molecular complexity index is 858. The molecule has 0 aliphatic carbocycles. The van der Waals surface area contributed by atoms with Gasteiger partial charge in [0.25, 0.3) is 0 Å². The molecule has 3 heteroatoms. The number of methoxy groups -OCH3 is 1. The third-order valence-electron chi connectivity index (χ3n) is 3.84. The van der Waals surface area contributed by atoms with Gasteiger partial charge in [0.1, 0.15) is 5.58 Å². The van der Waals surface area contributed by atoms with Crippen molar-refractivity contribution in [3.63, 3.8) is 0 Å². The van der Waals surface area contributed by atoms with E-state index in [0.717, 1.165) is 16.5 Å². The quantitative estimate of drug-likeness (QED) is 0.663. The molecule has 0 saturated carbocycles. The third-order valence-corrected chi connectivity index (χ3v) is 3.84. The Kier molecular flexibility index (Phi) is 3.72. The van der Waals surface area contributed by atoms with Crippen molar-refractivity contribution >= 4 is 11.0 Å². The van der Waals surface area contributed by atoms with Gasteiger partial charge in [-0.05, 0) is 23.1 Å². The van der Waals surface area contributed by atoms with Crippen molar-refractivity contribution in [3.8, 4) is 16.9 Å². The number of fused-ring (bicyclic) bond motifs is 1. The van der Waals surface area contributed by atoms with E-state index < -0.39 is 5.63 Å². The van der Waals surface area contributed by atoms with Gasteiger partial charge in [-0.25, -0.2) is 4.79 Å². The molecule has 0 radical (unpaired) electrons. The van der Waals surface area contributed by atoms with Crippen LogP contribution in [0.3, 0.4) is 0 Å². The molecule has 3 aromatic rings. The summed E-state index contributed by atoms with van der Waals surface area (Å²) < 4.78 is 10.6. The van der Waals surface area contributed by atoms with Crippen LogP contribution in [-0.4, -0.2) is 7.11 Å². The van der Waals surface area contributed by atoms with Gasteiger partial charge in [0.15, 0.2) is 0 Å². The lowest BCUT2D eigenvalue weighted by Crippen LogP contribution is -2.06. The van der Waals surface area contributed by atoms with Crippen LogP contribution in [0.15, 0.2) is 57.7 Å². The topological polar surface area (TPSA) is 39.4 Å². The molecule has 3 rings (SSSR count). The lowest BCUT2D eigenvalue weighted by molar-refractivity contribution is 0.387. The molecule has 0 aliphatic heterocycles. The lowest BCUT2D eigenvalue weighted by Gasteiger charge is -2.12. The van der Waals surface area contributed by atoms with E-state index in [2.05, 4.69) is 26.0 Å². The largest absolute Gasteiger partial charge is 0.489 e. The second-order valence-corrected chi connectivity index (χ2v) is 5.57. The summed E-state index contributed by atoms with van der Waals surface area (Å²) in [5, 5.41) is 0.872. The highest BCUT2D eigenvalue weighted by molar-refractivity contribution is 5.96. The van der Waals surface area contributed by atoms with Crippen LogP contribution >= 0.6 is 0 Å². The molecule has 0 atom stereocenters. The van der Waals surface area contributed by atoms with Crippen molar-refractivity contribution in [3.05, 3.63) is 64.5 Å². The molecular weight excluding hydrogens is 276 g/mol. The zero-order chi connectivity index (χ0) is 15.7. The highest BCUT2D eigenvalue weighted by Gasteiger charge is 2.16. The summed E-state index contributed by atoms with van der Waals surface area (Å²) in [7, 11) is 1.49. The number of rotatable bonds is 3. The molecule has 0 bridgehead atoms. The Hall–Kier alpha value is -2.55. The van der Waals surface area contributed by atoms with E-state index in [1.165, 1.54) is 12.7 Å². The maximum atomic E-state index is 12.1. The molecule has 0 unspecified atom stereocenters. The summed E-state index contributed by atoms with van der Waals surface area (Å²) in [6.45, 7) is 4.31. The fraction of sp³-hybridized carbons (Fsp3) is 0.211. The third kappa shape index (κ3) is 2.39. The first-order chi connectivity index (χ1) is 10.6. The van der Waals surface area contributed by atoms with Gasteiger partial charge in [-0.15, -0.1) is 0 Å². The van der Waals surface area contributed by atoms with E-state index in [1.807, 2.05) is 30.3 Å². The summed E-state index contributed by atoms with van der Waals surface area (Å²) in [6, 6.07) is 15.7. The molecule has 1 aromatic heterocycles. The predicted molar refractivity (Wildman–Crippen MR) is 88.6 cm³/mol. The molecule has 0 aliphatic rings. The van der Waals surface area contributed by atoms with E-state index in [1.54, 1.807) is 6.07 Å². The molecule has 3 nitrogen and oxygen atoms in total. The zero-order valence-electron chi connectivity index (χ0n) is 12.9. The van der Waals surface area contributed by atoms with Crippen molar-refractivity contribution in [2.45, 2.75) is 19.8 Å². The fourth-order valence-electron chi connectivity index (χ4n) is 2.64. The maximum Gasteiger partial charge on any atom is 0.379 e. The van der Waals surface area contributed by atoms with Gasteiger partial charge >= 0.3 is 5.63 Å². The Labute approximate surface area is 129 Å². The Morgan fingerprint density at radius 3 is 2.32 bits per heavy atom. The zero-order valence-corrected chi connectivity index (χ0v) is 12.9. The summed E-state index contributed by atoms with van der Waals surface area (Å²) in [4.78, 5) is 12.1. The minimum atomic E-state index is -0.455. The Morgan fingerprint density at radius 2 is 1.68 bits per heavy atom. The van der Waals surface area contributed by atoms with Crippen LogP contribution in [0.5, 0.6) is 5.75 Å². The Balaban J connectivity index is 2.30. The number of hydrogen-bond donors (Lipinski definition) is 0. The SMILES string of the molecule is COc1c(-c2ccc(C(C)C)cc2)c2ccccc2oc1=O. The fourth-order valence-corrected chi connectivity index (χ4v) is 2.64. The minimum absolute atomic E-state index is 0.246. The summed E-state index contributed by atoms with van der Waals surface area (Å²) >= 11 is 0. The summed E-state index contributed by atoms with van der Waals surface area (Å²) in [6.07, 6.45) is 0. The van der Waals surface area contributed by atoms with Crippen LogP contribution in [0, 0.1) is 0 Å². The van der Waals surface area contributed by atoms with Crippen molar-refractivity contribution in [2.24, 2.45) is 0 Å². The molecular formula is C19H18O3. The number of hydrogen-bond acceptors (Lipinski definition) is 3. The van der Waals surface area contributed by atoms with Crippen LogP contribution in [0.1, 0.15) is 25.3 Å². The summed E-state index contributed by atoms with van der Waals surface area (Å²) in [5.41, 5.74) is 3.10. The van der Waals surface area contributed by atoms with E-state index in [-0.39, 0.29) is 5.75 Å². The maximum absolute atomic E-state index is 12.1. The highest BCUT2D eigenvalue weighted by Crippen LogP contribution is 2.35. The van der Waals surface area contributed by atoms with E-state index >= 15 is 0 Å². The first-order valence-electron chi connectivity index (χ1n) is 7.32. The average Bonchev–Trinajstić information content (AvgIpc) is 2.53. The number of ether oxygens (including phenoxy) is 1. The molecule has 1 heterocycles. The molecule has 0 amide bonds. The van der Waals surface area contributed by atoms with Gasteiger partial charge in [-0.1, -0.05) is 56.3 Å². The van der Waals surface area contributed by atoms with E-state index in [0.29, 0.717) is 11.5 Å². The van der Waals surface area contributed by atoms with Crippen molar-refractivity contribution in [1.29, 1.82) is 0 Å². The van der Waals surface area contributed by atoms with Gasteiger partial charge in [-0.2, -0.15) is 0 Å². The van der Waals surface area contributed by atoms with Crippen molar-refractivity contribution in [2.75, 3.05) is 7.11 Å². The molecule has 112 valence electrons. The van der Waals surface area contributed by atoms with Crippen LogP contribution < -0.4 is 10.4 Å². The lowest BCUT2D eigenvalue weighted by atomic mass is 9.97. The molecule has 2 aromatic carbocycles. The van der Waals surface area contributed by atoms with Crippen LogP contribution in [0.25, 0.3) is 22.1 Å². The molecule has 0 spiro atoms. The van der Waals surface area contributed by atoms with Crippen molar-refractivity contribution < 1.29 is 9.15 Å². The van der Waals surface area contributed by atoms with Crippen LogP contribution in [0.4, 0.5) is 0 Å². The van der Waals surface area contributed by atoms with Gasteiger partial charge in [0.2, 0.25) is 5.75 Å². The Morgan fingerprint density at radius 1 is 1.00 bits per heavy atom. The van der Waals surface area contributed by atoms with E-state index in [9.17, 15) is 4.79 Å². The number of benzene rings is 2. The minimum Gasteiger partial charge on any atom is -0.489 e. The predicted octanol–water partition coefficient (Wildman–Crippen LogP) is 4.59. The smallest absolute Gasteiger partial charge is 0.379 e. The average molecular weight is 294 g/mol. The normalized spacial score (nSPS) is 11.1. The highest BCUT2D eigenvalue weighted by atomic mass is 16.5. The van der Waals surface area contributed by atoms with Gasteiger partial charge in [0, 0.05) is 10.9 Å². The van der Waals surface area contributed by atoms with Crippen molar-refractivity contribution in [1.82, 2.24) is 0 Å². The monoisotopic (exact) mass is 294 g/mol.